The Kier molecular flexibility index (Phi) is 6.23. The SMILES string of the molecule is CCn1c(C2CCN(C(=O)/C=C/c3cc(C)n(-c4ccccc4)c3C)CC2)n[nH]c1=S. The molecule has 3 heterocycles. The summed E-state index contributed by atoms with van der Waals surface area (Å²) in [4.78, 5) is 14.7. The van der Waals surface area contributed by atoms with Crippen LogP contribution in [0.4, 0.5) is 0 Å². The summed E-state index contributed by atoms with van der Waals surface area (Å²) < 4.78 is 4.95. The smallest absolute Gasteiger partial charge is 0.246 e. The lowest BCUT2D eigenvalue weighted by Gasteiger charge is -2.31. The molecule has 1 N–H and O–H groups in total. The first-order valence-corrected chi connectivity index (χ1v) is 11.3. The van der Waals surface area contributed by atoms with Crippen LogP contribution in [-0.4, -0.2) is 43.2 Å². The number of rotatable bonds is 5. The molecular weight excluding hydrogens is 406 g/mol. The first-order chi connectivity index (χ1) is 15.0. The number of aromatic nitrogens is 4. The van der Waals surface area contributed by atoms with Crippen molar-refractivity contribution in [3.63, 3.8) is 0 Å². The zero-order valence-electron chi connectivity index (χ0n) is 18.3. The highest BCUT2D eigenvalue weighted by atomic mass is 32.1. The fraction of sp³-hybridized carbons (Fsp3) is 0.375. The molecule has 162 valence electrons. The predicted molar refractivity (Wildman–Crippen MR) is 126 cm³/mol. The van der Waals surface area contributed by atoms with Crippen LogP contribution in [0.1, 0.15) is 48.5 Å². The molecule has 2 aromatic heterocycles. The number of hydrogen-bond acceptors (Lipinski definition) is 3. The summed E-state index contributed by atoms with van der Waals surface area (Å²) in [5, 5.41) is 7.33. The third kappa shape index (κ3) is 4.28. The van der Waals surface area contributed by atoms with Crippen LogP contribution < -0.4 is 0 Å². The number of likely N-dealkylation sites (tertiary alicyclic amines) is 1. The monoisotopic (exact) mass is 435 g/mol. The van der Waals surface area contributed by atoms with Crippen molar-refractivity contribution in [2.45, 2.75) is 46.1 Å². The van der Waals surface area contributed by atoms with Crippen molar-refractivity contribution in [1.82, 2.24) is 24.2 Å². The molecule has 1 amide bonds. The molecule has 7 heteroatoms. The number of hydrogen-bond donors (Lipinski definition) is 1. The number of para-hydroxylation sites is 1. The minimum atomic E-state index is 0.0670. The van der Waals surface area contributed by atoms with Gasteiger partial charge in [0.2, 0.25) is 5.91 Å². The van der Waals surface area contributed by atoms with Crippen LogP contribution in [0, 0.1) is 18.6 Å². The number of carbonyl (C=O) groups excluding carboxylic acids is 1. The van der Waals surface area contributed by atoms with Crippen LogP contribution in [0.25, 0.3) is 11.8 Å². The number of nitrogens with zero attached hydrogens (tertiary/aromatic N) is 4. The van der Waals surface area contributed by atoms with E-state index in [0.29, 0.717) is 10.7 Å². The molecule has 4 rings (SSSR count). The zero-order valence-corrected chi connectivity index (χ0v) is 19.2. The van der Waals surface area contributed by atoms with Crippen LogP contribution in [0.2, 0.25) is 0 Å². The Morgan fingerprint density at radius 1 is 1.23 bits per heavy atom. The van der Waals surface area contributed by atoms with Gasteiger partial charge in [-0.15, -0.1) is 0 Å². The molecule has 1 fully saturated rings. The molecule has 1 aliphatic heterocycles. The first kappa shape index (κ1) is 21.3. The standard InChI is InChI=1S/C24H29N5OS/c1-4-28-23(25-26-24(28)31)19-12-14-27(15-13-19)22(30)11-10-20-16-17(2)29(18(20)3)21-8-6-5-7-9-21/h5-11,16,19H,4,12-15H2,1-3H3,(H,26,31)/b11-10+. The highest BCUT2D eigenvalue weighted by Crippen LogP contribution is 2.27. The van der Waals surface area contributed by atoms with E-state index in [1.54, 1.807) is 6.08 Å². The largest absolute Gasteiger partial charge is 0.339 e. The number of amides is 1. The number of aromatic amines is 1. The van der Waals surface area contributed by atoms with Crippen molar-refractivity contribution in [2.24, 2.45) is 0 Å². The zero-order chi connectivity index (χ0) is 22.0. The van der Waals surface area contributed by atoms with Gasteiger partial charge in [-0.25, -0.2) is 0 Å². The lowest BCUT2D eigenvalue weighted by Crippen LogP contribution is -2.37. The van der Waals surface area contributed by atoms with E-state index in [2.05, 4.69) is 58.3 Å². The lowest BCUT2D eigenvalue weighted by atomic mass is 9.96. The van der Waals surface area contributed by atoms with E-state index in [9.17, 15) is 4.79 Å². The van der Waals surface area contributed by atoms with E-state index in [1.165, 1.54) is 0 Å². The molecule has 0 radical (unpaired) electrons. The number of piperidine rings is 1. The average molecular weight is 436 g/mol. The van der Waals surface area contributed by atoms with Gasteiger partial charge in [0, 0.05) is 48.7 Å². The third-order valence-electron chi connectivity index (χ3n) is 6.17. The molecule has 0 saturated carbocycles. The Morgan fingerprint density at radius 2 is 1.94 bits per heavy atom. The molecule has 6 nitrogen and oxygen atoms in total. The van der Waals surface area contributed by atoms with E-state index in [-0.39, 0.29) is 5.91 Å². The summed E-state index contributed by atoms with van der Waals surface area (Å²) in [5.74, 6) is 1.42. The van der Waals surface area contributed by atoms with Crippen molar-refractivity contribution in [1.29, 1.82) is 0 Å². The summed E-state index contributed by atoms with van der Waals surface area (Å²) in [7, 11) is 0. The van der Waals surface area contributed by atoms with Crippen molar-refractivity contribution in [3.05, 3.63) is 70.0 Å². The van der Waals surface area contributed by atoms with Gasteiger partial charge in [-0.3, -0.25) is 9.89 Å². The quantitative estimate of drug-likeness (QED) is 0.463. The third-order valence-corrected chi connectivity index (χ3v) is 6.48. The Balaban J connectivity index is 1.42. The van der Waals surface area contributed by atoms with Crippen molar-refractivity contribution < 1.29 is 4.79 Å². The summed E-state index contributed by atoms with van der Waals surface area (Å²) in [5.41, 5.74) is 4.49. The molecule has 0 bridgehead atoms. The Labute approximate surface area is 188 Å². The predicted octanol–water partition coefficient (Wildman–Crippen LogP) is 4.79. The molecule has 3 aromatic rings. The second-order valence-electron chi connectivity index (χ2n) is 8.06. The highest BCUT2D eigenvalue weighted by molar-refractivity contribution is 7.71. The van der Waals surface area contributed by atoms with E-state index < -0.39 is 0 Å². The summed E-state index contributed by atoms with van der Waals surface area (Å²) in [6, 6.07) is 12.4. The number of H-pyrrole nitrogens is 1. The summed E-state index contributed by atoms with van der Waals surface area (Å²) in [6.45, 7) is 8.55. The van der Waals surface area contributed by atoms with Crippen molar-refractivity contribution in [3.8, 4) is 5.69 Å². The van der Waals surface area contributed by atoms with Crippen LogP contribution in [0.15, 0.2) is 42.5 Å². The molecule has 0 spiro atoms. The van der Waals surface area contributed by atoms with Crippen LogP contribution in [0.3, 0.4) is 0 Å². The van der Waals surface area contributed by atoms with Gasteiger partial charge < -0.3 is 14.0 Å². The van der Waals surface area contributed by atoms with Gasteiger partial charge in [-0.2, -0.15) is 5.10 Å². The number of aryl methyl sites for hydroxylation is 1. The number of benzene rings is 1. The fourth-order valence-corrected chi connectivity index (χ4v) is 4.77. The van der Waals surface area contributed by atoms with Crippen molar-refractivity contribution in [2.75, 3.05) is 13.1 Å². The van der Waals surface area contributed by atoms with Gasteiger partial charge in [0.25, 0.3) is 0 Å². The van der Waals surface area contributed by atoms with Crippen LogP contribution >= 0.6 is 12.2 Å². The van der Waals surface area contributed by atoms with Gasteiger partial charge >= 0.3 is 0 Å². The van der Waals surface area contributed by atoms with Gasteiger partial charge in [0.1, 0.15) is 5.82 Å². The topological polar surface area (TPSA) is 58.9 Å². The maximum absolute atomic E-state index is 12.8. The lowest BCUT2D eigenvalue weighted by molar-refractivity contribution is -0.127. The normalized spacial score (nSPS) is 15.1. The van der Waals surface area contributed by atoms with E-state index in [4.69, 9.17) is 12.2 Å². The average Bonchev–Trinajstić information content (AvgIpc) is 3.30. The van der Waals surface area contributed by atoms with Gasteiger partial charge in [-0.05, 0) is 75.7 Å². The van der Waals surface area contributed by atoms with Crippen LogP contribution in [-0.2, 0) is 11.3 Å². The maximum atomic E-state index is 12.8. The maximum Gasteiger partial charge on any atom is 0.246 e. The van der Waals surface area contributed by atoms with Gasteiger partial charge in [0.15, 0.2) is 4.77 Å². The highest BCUT2D eigenvalue weighted by Gasteiger charge is 2.26. The van der Waals surface area contributed by atoms with Crippen LogP contribution in [0.5, 0.6) is 0 Å². The molecule has 1 aromatic carbocycles. The minimum Gasteiger partial charge on any atom is -0.339 e. The molecule has 1 saturated heterocycles. The summed E-state index contributed by atoms with van der Waals surface area (Å²) >= 11 is 5.31. The molecule has 0 atom stereocenters. The molecule has 0 aliphatic carbocycles. The van der Waals surface area contributed by atoms with E-state index >= 15 is 0 Å². The molecule has 31 heavy (non-hydrogen) atoms. The Bertz CT molecular complexity index is 1150. The first-order valence-electron chi connectivity index (χ1n) is 10.9. The second kappa shape index (κ2) is 9.06. The Hall–Kier alpha value is -2.93. The molecule has 0 unspecified atom stereocenters. The second-order valence-corrected chi connectivity index (χ2v) is 8.45. The summed E-state index contributed by atoms with van der Waals surface area (Å²) in [6.07, 6.45) is 5.46. The van der Waals surface area contributed by atoms with Crippen molar-refractivity contribution >= 4 is 24.2 Å². The minimum absolute atomic E-state index is 0.0670. The molecular formula is C24H29N5OS. The number of carbonyl (C=O) groups is 1. The van der Waals surface area contributed by atoms with Gasteiger partial charge in [0.05, 0.1) is 0 Å². The van der Waals surface area contributed by atoms with E-state index in [1.807, 2.05) is 29.2 Å². The molecule has 1 aliphatic rings. The van der Waals surface area contributed by atoms with Gasteiger partial charge in [-0.1, -0.05) is 18.2 Å². The Morgan fingerprint density at radius 3 is 2.61 bits per heavy atom. The van der Waals surface area contributed by atoms with E-state index in [0.717, 1.165) is 60.9 Å². The fourth-order valence-electron chi connectivity index (χ4n) is 4.50. The number of nitrogens with one attached hydrogen (secondary N) is 1.